The Bertz CT molecular complexity index is 555. The van der Waals surface area contributed by atoms with Crippen LogP contribution in [0.2, 0.25) is 0 Å². The average molecular weight is 303 g/mol. The SMILES string of the molecule is CC[C@@H](CO)N(Cc1ccccn1)C(=O)CCn1cncn1. The Hall–Kier alpha value is -2.28. The van der Waals surface area contributed by atoms with E-state index in [9.17, 15) is 9.90 Å². The molecular formula is C15H21N5O2. The molecule has 0 aliphatic heterocycles. The molecule has 2 heterocycles. The number of nitrogens with zero attached hydrogens (tertiary/aromatic N) is 5. The van der Waals surface area contributed by atoms with Gasteiger partial charge < -0.3 is 10.0 Å². The van der Waals surface area contributed by atoms with Crippen LogP contribution in [-0.4, -0.2) is 48.3 Å². The second-order valence-corrected chi connectivity index (χ2v) is 5.00. The number of hydrogen-bond acceptors (Lipinski definition) is 5. The Kier molecular flexibility index (Phi) is 6.02. The maximum Gasteiger partial charge on any atom is 0.225 e. The number of amides is 1. The third-order valence-corrected chi connectivity index (χ3v) is 3.52. The number of carbonyl (C=O) groups is 1. The van der Waals surface area contributed by atoms with Gasteiger partial charge in [0.15, 0.2) is 0 Å². The summed E-state index contributed by atoms with van der Waals surface area (Å²) in [4.78, 5) is 22.3. The third kappa shape index (κ3) is 4.36. The van der Waals surface area contributed by atoms with E-state index < -0.39 is 0 Å². The van der Waals surface area contributed by atoms with Gasteiger partial charge in [0.05, 0.1) is 31.4 Å². The molecule has 2 rings (SSSR count). The molecular weight excluding hydrogens is 282 g/mol. The number of aliphatic hydroxyl groups excluding tert-OH is 1. The molecule has 7 nitrogen and oxygen atoms in total. The predicted octanol–water partition coefficient (Wildman–Crippen LogP) is 0.863. The minimum absolute atomic E-state index is 0.0259. The van der Waals surface area contributed by atoms with Gasteiger partial charge in [0.1, 0.15) is 12.7 Å². The van der Waals surface area contributed by atoms with Crippen molar-refractivity contribution in [2.75, 3.05) is 6.61 Å². The number of pyridine rings is 1. The normalized spacial score (nSPS) is 12.1. The van der Waals surface area contributed by atoms with E-state index in [1.54, 1.807) is 22.1 Å². The fraction of sp³-hybridized carbons (Fsp3) is 0.467. The summed E-state index contributed by atoms with van der Waals surface area (Å²) in [7, 11) is 0. The van der Waals surface area contributed by atoms with Gasteiger partial charge in [-0.1, -0.05) is 13.0 Å². The van der Waals surface area contributed by atoms with Crippen LogP contribution in [0.5, 0.6) is 0 Å². The molecule has 0 aliphatic rings. The molecule has 0 fully saturated rings. The molecule has 0 aliphatic carbocycles. The summed E-state index contributed by atoms with van der Waals surface area (Å²) in [5.74, 6) is -0.0259. The first-order valence-corrected chi connectivity index (χ1v) is 7.37. The Morgan fingerprint density at radius 1 is 1.45 bits per heavy atom. The maximum absolute atomic E-state index is 12.5. The molecule has 2 aromatic heterocycles. The molecule has 1 N–H and O–H groups in total. The number of hydrogen-bond donors (Lipinski definition) is 1. The first-order chi connectivity index (χ1) is 10.7. The van der Waals surface area contributed by atoms with E-state index in [4.69, 9.17) is 0 Å². The highest BCUT2D eigenvalue weighted by molar-refractivity contribution is 5.76. The van der Waals surface area contributed by atoms with Crippen LogP contribution in [-0.2, 0) is 17.9 Å². The van der Waals surface area contributed by atoms with Gasteiger partial charge in [0.2, 0.25) is 5.91 Å². The molecule has 118 valence electrons. The summed E-state index contributed by atoms with van der Waals surface area (Å²) in [5.41, 5.74) is 0.809. The highest BCUT2D eigenvalue weighted by Gasteiger charge is 2.22. The van der Waals surface area contributed by atoms with E-state index in [2.05, 4.69) is 15.1 Å². The zero-order chi connectivity index (χ0) is 15.8. The van der Waals surface area contributed by atoms with Crippen LogP contribution >= 0.6 is 0 Å². The summed E-state index contributed by atoms with van der Waals surface area (Å²) >= 11 is 0. The quantitative estimate of drug-likeness (QED) is 0.782. The topological polar surface area (TPSA) is 84.1 Å². The van der Waals surface area contributed by atoms with Crippen molar-refractivity contribution >= 4 is 5.91 Å². The van der Waals surface area contributed by atoms with E-state index >= 15 is 0 Å². The lowest BCUT2D eigenvalue weighted by atomic mass is 10.1. The van der Waals surface area contributed by atoms with E-state index in [-0.39, 0.29) is 18.6 Å². The first-order valence-electron chi connectivity index (χ1n) is 7.37. The minimum Gasteiger partial charge on any atom is -0.394 e. The smallest absolute Gasteiger partial charge is 0.225 e. The molecule has 2 aromatic rings. The number of aromatic nitrogens is 4. The number of carbonyl (C=O) groups excluding carboxylic acids is 1. The minimum atomic E-state index is -0.203. The average Bonchev–Trinajstić information content (AvgIpc) is 3.07. The molecule has 0 aromatic carbocycles. The Labute approximate surface area is 129 Å². The Morgan fingerprint density at radius 3 is 2.91 bits per heavy atom. The summed E-state index contributed by atoms with van der Waals surface area (Å²) < 4.78 is 1.62. The van der Waals surface area contributed by atoms with Crippen molar-refractivity contribution < 1.29 is 9.90 Å². The predicted molar refractivity (Wildman–Crippen MR) is 80.6 cm³/mol. The molecule has 0 bridgehead atoms. The molecule has 0 saturated carbocycles. The lowest BCUT2D eigenvalue weighted by Crippen LogP contribution is -2.42. The summed E-state index contributed by atoms with van der Waals surface area (Å²) in [5, 5.41) is 13.5. The van der Waals surface area contributed by atoms with E-state index in [0.29, 0.717) is 25.9 Å². The molecule has 7 heteroatoms. The first kappa shape index (κ1) is 16.1. The summed E-state index contributed by atoms with van der Waals surface area (Å²) in [6.45, 7) is 2.77. The molecule has 1 atom stereocenters. The van der Waals surface area contributed by atoms with E-state index in [1.165, 1.54) is 6.33 Å². The second-order valence-electron chi connectivity index (χ2n) is 5.00. The molecule has 0 spiro atoms. The Balaban J connectivity index is 2.04. The van der Waals surface area contributed by atoms with Gasteiger partial charge in [-0.15, -0.1) is 0 Å². The van der Waals surface area contributed by atoms with Gasteiger partial charge in [-0.25, -0.2) is 4.98 Å². The van der Waals surface area contributed by atoms with Crippen molar-refractivity contribution in [1.82, 2.24) is 24.6 Å². The van der Waals surface area contributed by atoms with Crippen LogP contribution in [0.15, 0.2) is 37.1 Å². The van der Waals surface area contributed by atoms with Crippen molar-refractivity contribution in [3.8, 4) is 0 Å². The zero-order valence-electron chi connectivity index (χ0n) is 12.7. The van der Waals surface area contributed by atoms with Crippen LogP contribution in [0, 0.1) is 0 Å². The standard InChI is InChI=1S/C15H21N5O2/c1-2-14(10-21)20(9-13-5-3-4-7-17-13)15(22)6-8-19-12-16-11-18-19/h3-5,7,11-12,14,21H,2,6,8-10H2,1H3/t14-/m0/s1. The summed E-state index contributed by atoms with van der Waals surface area (Å²) in [6, 6.07) is 5.40. The van der Waals surface area contributed by atoms with Crippen molar-refractivity contribution in [3.05, 3.63) is 42.7 Å². The lowest BCUT2D eigenvalue weighted by molar-refractivity contribution is -0.135. The molecule has 0 radical (unpaired) electrons. The molecule has 1 amide bonds. The highest BCUT2D eigenvalue weighted by atomic mass is 16.3. The van der Waals surface area contributed by atoms with Gasteiger partial charge in [0, 0.05) is 12.6 Å². The fourth-order valence-corrected chi connectivity index (χ4v) is 2.24. The second kappa shape index (κ2) is 8.23. The zero-order valence-corrected chi connectivity index (χ0v) is 12.7. The number of aryl methyl sites for hydroxylation is 1. The van der Waals surface area contributed by atoms with Crippen LogP contribution in [0.25, 0.3) is 0 Å². The van der Waals surface area contributed by atoms with Gasteiger partial charge in [-0.3, -0.25) is 14.5 Å². The largest absolute Gasteiger partial charge is 0.394 e. The fourth-order valence-electron chi connectivity index (χ4n) is 2.24. The highest BCUT2D eigenvalue weighted by Crippen LogP contribution is 2.11. The number of aliphatic hydroxyl groups is 1. The number of rotatable bonds is 8. The Morgan fingerprint density at radius 2 is 2.32 bits per heavy atom. The van der Waals surface area contributed by atoms with Crippen molar-refractivity contribution in [2.24, 2.45) is 0 Å². The van der Waals surface area contributed by atoms with Crippen molar-refractivity contribution in [1.29, 1.82) is 0 Å². The van der Waals surface area contributed by atoms with Crippen molar-refractivity contribution in [2.45, 2.75) is 38.9 Å². The monoisotopic (exact) mass is 303 g/mol. The lowest BCUT2D eigenvalue weighted by Gasteiger charge is -2.29. The van der Waals surface area contributed by atoms with Crippen LogP contribution in [0.3, 0.4) is 0 Å². The van der Waals surface area contributed by atoms with Crippen LogP contribution in [0.1, 0.15) is 25.5 Å². The summed E-state index contributed by atoms with van der Waals surface area (Å²) in [6.07, 6.45) is 5.73. The maximum atomic E-state index is 12.5. The van der Waals surface area contributed by atoms with Gasteiger partial charge in [-0.05, 0) is 18.6 Å². The molecule has 0 saturated heterocycles. The van der Waals surface area contributed by atoms with Gasteiger partial charge in [-0.2, -0.15) is 5.10 Å². The van der Waals surface area contributed by atoms with Crippen LogP contribution < -0.4 is 0 Å². The van der Waals surface area contributed by atoms with E-state index in [0.717, 1.165) is 5.69 Å². The van der Waals surface area contributed by atoms with Gasteiger partial charge >= 0.3 is 0 Å². The third-order valence-electron chi connectivity index (χ3n) is 3.52. The van der Waals surface area contributed by atoms with Crippen molar-refractivity contribution in [3.63, 3.8) is 0 Å². The molecule has 22 heavy (non-hydrogen) atoms. The molecule has 0 unspecified atom stereocenters. The van der Waals surface area contributed by atoms with Gasteiger partial charge in [0.25, 0.3) is 0 Å². The van der Waals surface area contributed by atoms with E-state index in [1.807, 2.05) is 25.1 Å². The van der Waals surface area contributed by atoms with Crippen LogP contribution in [0.4, 0.5) is 0 Å².